The first-order valence-corrected chi connectivity index (χ1v) is 6.58. The van der Waals surface area contributed by atoms with Crippen molar-refractivity contribution in [3.05, 3.63) is 38.7 Å². The molecule has 2 rings (SSSR count). The first-order valence-electron chi connectivity index (χ1n) is 6.21. The molecule has 0 aliphatic rings. The molecule has 0 atom stereocenters. The van der Waals surface area contributed by atoms with Crippen LogP contribution in [-0.2, 0) is 16.0 Å². The molecule has 1 heterocycles. The number of fused-ring (bicyclic) bond motifs is 1. The van der Waals surface area contributed by atoms with Crippen LogP contribution in [0.5, 0.6) is 5.75 Å². The Bertz CT molecular complexity index is 826. The second-order valence-electron chi connectivity index (χ2n) is 4.62. The predicted molar refractivity (Wildman–Crippen MR) is 75.6 cm³/mol. The molecule has 0 aliphatic heterocycles. The minimum atomic E-state index is -1.43. The van der Waals surface area contributed by atoms with E-state index in [1.54, 1.807) is 6.92 Å². The number of hydrogen-bond acceptors (Lipinski definition) is 6. The average Bonchev–Trinajstić information content (AvgIpc) is 2.44. The molecule has 0 bridgehead atoms. The zero-order valence-corrected chi connectivity index (χ0v) is 12.2. The lowest BCUT2D eigenvalue weighted by atomic mass is 10.0. The molecule has 1 amide bonds. The van der Waals surface area contributed by atoms with Gasteiger partial charge in [0.2, 0.25) is 5.91 Å². The average molecular weight is 325 g/mol. The van der Waals surface area contributed by atoms with Crippen LogP contribution >= 0.6 is 11.6 Å². The molecule has 0 fully saturated rings. The number of carbonyl (C=O) groups excluding carboxylic acids is 2. The largest absolute Gasteiger partial charge is 0.548 e. The van der Waals surface area contributed by atoms with Gasteiger partial charge in [-0.05, 0) is 18.6 Å². The Morgan fingerprint density at radius 1 is 1.41 bits per heavy atom. The van der Waals surface area contributed by atoms with Crippen molar-refractivity contribution in [2.45, 2.75) is 13.3 Å². The lowest BCUT2D eigenvalue weighted by Gasteiger charge is -2.09. The van der Waals surface area contributed by atoms with E-state index in [2.05, 4.69) is 5.32 Å². The Kier molecular flexibility index (Phi) is 4.37. The molecule has 0 spiro atoms. The van der Waals surface area contributed by atoms with Crippen molar-refractivity contribution in [3.63, 3.8) is 0 Å². The van der Waals surface area contributed by atoms with Crippen molar-refractivity contribution in [1.82, 2.24) is 5.32 Å². The number of aryl methyl sites for hydroxylation is 1. The van der Waals surface area contributed by atoms with E-state index in [1.807, 2.05) is 0 Å². The van der Waals surface area contributed by atoms with Crippen molar-refractivity contribution >= 4 is 34.4 Å². The quantitative estimate of drug-likeness (QED) is 0.756. The van der Waals surface area contributed by atoms with Crippen LogP contribution in [0.3, 0.4) is 0 Å². The summed E-state index contributed by atoms with van der Waals surface area (Å²) in [6.07, 6.45) is -0.337. The number of nitrogens with one attached hydrogen (secondary N) is 1. The molecule has 0 radical (unpaired) electrons. The number of aromatic hydroxyl groups is 1. The number of carboxylic acid groups (broad SMARTS) is 1. The van der Waals surface area contributed by atoms with Crippen molar-refractivity contribution in [2.24, 2.45) is 0 Å². The van der Waals surface area contributed by atoms with Gasteiger partial charge in [-0.3, -0.25) is 4.79 Å². The summed E-state index contributed by atoms with van der Waals surface area (Å²) in [5, 5.41) is 22.5. The predicted octanol–water partition coefficient (Wildman–Crippen LogP) is -0.131. The van der Waals surface area contributed by atoms with Crippen LogP contribution < -0.4 is 16.0 Å². The number of phenolic OH excluding ortho intramolecular Hbond substituents is 1. The summed E-state index contributed by atoms with van der Waals surface area (Å²) in [5.74, 6) is -2.31. The van der Waals surface area contributed by atoms with Gasteiger partial charge in [0.25, 0.3) is 0 Å². The molecule has 0 saturated carbocycles. The number of carboxylic acids is 1. The first-order chi connectivity index (χ1) is 10.3. The Labute approximate surface area is 129 Å². The van der Waals surface area contributed by atoms with E-state index >= 15 is 0 Å². The van der Waals surface area contributed by atoms with Gasteiger partial charge < -0.3 is 24.7 Å². The normalized spacial score (nSPS) is 10.6. The maximum absolute atomic E-state index is 11.9. The fourth-order valence-electron chi connectivity index (χ4n) is 2.00. The summed E-state index contributed by atoms with van der Waals surface area (Å²) in [6.45, 7) is 0.963. The maximum Gasteiger partial charge on any atom is 0.340 e. The molecule has 0 aliphatic carbocycles. The van der Waals surface area contributed by atoms with Gasteiger partial charge in [0.05, 0.1) is 29.5 Å². The van der Waals surface area contributed by atoms with Gasteiger partial charge in [0.1, 0.15) is 11.3 Å². The van der Waals surface area contributed by atoms with Gasteiger partial charge in [0.15, 0.2) is 0 Å². The van der Waals surface area contributed by atoms with Gasteiger partial charge >= 0.3 is 5.63 Å². The molecule has 2 aromatic rings. The Morgan fingerprint density at radius 3 is 2.73 bits per heavy atom. The van der Waals surface area contributed by atoms with E-state index in [0.29, 0.717) is 10.9 Å². The highest BCUT2D eigenvalue weighted by Gasteiger charge is 2.16. The summed E-state index contributed by atoms with van der Waals surface area (Å²) in [4.78, 5) is 33.9. The van der Waals surface area contributed by atoms with Crippen LogP contribution in [0.1, 0.15) is 11.1 Å². The molecule has 0 unspecified atom stereocenters. The number of carbonyl (C=O) groups is 2. The van der Waals surface area contributed by atoms with E-state index in [-0.39, 0.29) is 28.3 Å². The topological polar surface area (TPSA) is 120 Å². The summed E-state index contributed by atoms with van der Waals surface area (Å²) in [5.41, 5.74) is -0.0412. The summed E-state index contributed by atoms with van der Waals surface area (Å²) < 4.78 is 5.05. The molecular formula is C14H11ClNO6-. The molecule has 1 aromatic carbocycles. The minimum Gasteiger partial charge on any atom is -0.548 e. The summed E-state index contributed by atoms with van der Waals surface area (Å²) in [6, 6.07) is 2.64. The van der Waals surface area contributed by atoms with Gasteiger partial charge in [-0.1, -0.05) is 11.6 Å². The third-order valence-electron chi connectivity index (χ3n) is 3.12. The lowest BCUT2D eigenvalue weighted by molar-refractivity contribution is -0.304. The lowest BCUT2D eigenvalue weighted by Crippen LogP contribution is -2.38. The summed E-state index contributed by atoms with van der Waals surface area (Å²) in [7, 11) is 0. The minimum absolute atomic E-state index is 0.0804. The fraction of sp³-hybridized carbons (Fsp3) is 0.214. The molecule has 7 nitrogen and oxygen atoms in total. The number of rotatable bonds is 4. The fourth-order valence-corrected chi connectivity index (χ4v) is 2.16. The third-order valence-corrected chi connectivity index (χ3v) is 3.42. The molecule has 0 saturated heterocycles. The van der Waals surface area contributed by atoms with Crippen LogP contribution in [-0.4, -0.2) is 23.5 Å². The first kappa shape index (κ1) is 15.8. The number of amides is 1. The molecule has 22 heavy (non-hydrogen) atoms. The Morgan fingerprint density at radius 2 is 2.09 bits per heavy atom. The van der Waals surface area contributed by atoms with E-state index in [4.69, 9.17) is 16.0 Å². The Hall–Kier alpha value is -2.54. The summed E-state index contributed by atoms with van der Waals surface area (Å²) >= 11 is 5.82. The molecule has 1 aromatic heterocycles. The van der Waals surface area contributed by atoms with Crippen LogP contribution in [0.25, 0.3) is 11.0 Å². The third kappa shape index (κ3) is 3.20. The van der Waals surface area contributed by atoms with Crippen LogP contribution in [0.15, 0.2) is 21.3 Å². The zero-order chi connectivity index (χ0) is 16.4. The van der Waals surface area contributed by atoms with E-state index in [9.17, 15) is 24.6 Å². The maximum atomic E-state index is 11.9. The van der Waals surface area contributed by atoms with Crippen molar-refractivity contribution in [3.8, 4) is 5.75 Å². The SMILES string of the molecule is Cc1c(CC(=O)NCC(=O)[O-])c(=O)oc2cc(O)c(Cl)cc12. The van der Waals surface area contributed by atoms with Gasteiger partial charge in [-0.2, -0.15) is 0 Å². The Balaban J connectivity index is 2.42. The molecule has 8 heteroatoms. The zero-order valence-electron chi connectivity index (χ0n) is 11.4. The molecular weight excluding hydrogens is 314 g/mol. The van der Waals surface area contributed by atoms with Crippen molar-refractivity contribution < 1.29 is 24.2 Å². The second-order valence-corrected chi connectivity index (χ2v) is 5.03. The second kappa shape index (κ2) is 6.07. The van der Waals surface area contributed by atoms with Crippen molar-refractivity contribution in [2.75, 3.05) is 6.54 Å². The van der Waals surface area contributed by atoms with Crippen LogP contribution in [0.2, 0.25) is 5.02 Å². The van der Waals surface area contributed by atoms with Crippen LogP contribution in [0.4, 0.5) is 0 Å². The number of halogens is 1. The highest BCUT2D eigenvalue weighted by atomic mass is 35.5. The van der Waals surface area contributed by atoms with E-state index < -0.39 is 24.0 Å². The number of phenols is 1. The number of benzene rings is 1. The highest BCUT2D eigenvalue weighted by molar-refractivity contribution is 6.32. The molecule has 116 valence electrons. The number of aliphatic carboxylic acids is 1. The van der Waals surface area contributed by atoms with Gasteiger partial charge in [0, 0.05) is 11.5 Å². The number of hydrogen-bond donors (Lipinski definition) is 2. The van der Waals surface area contributed by atoms with Gasteiger partial charge in [-0.25, -0.2) is 4.79 Å². The van der Waals surface area contributed by atoms with Gasteiger partial charge in [-0.15, -0.1) is 0 Å². The van der Waals surface area contributed by atoms with Crippen molar-refractivity contribution in [1.29, 1.82) is 0 Å². The van der Waals surface area contributed by atoms with E-state index in [1.165, 1.54) is 12.1 Å². The van der Waals surface area contributed by atoms with E-state index in [0.717, 1.165) is 0 Å². The monoisotopic (exact) mass is 324 g/mol. The smallest absolute Gasteiger partial charge is 0.340 e. The standard InChI is InChI=1S/C14H12ClNO6/c1-6-7-2-9(15)10(17)4-11(7)22-14(21)8(6)3-12(18)16-5-13(19)20/h2,4,17H,3,5H2,1H3,(H,16,18)(H,19,20)/p-1. The highest BCUT2D eigenvalue weighted by Crippen LogP contribution is 2.30. The van der Waals surface area contributed by atoms with Crippen LogP contribution in [0, 0.1) is 6.92 Å². The molecule has 2 N–H and O–H groups in total.